The van der Waals surface area contributed by atoms with Gasteiger partial charge in [-0.05, 0) is 40.2 Å². The Morgan fingerprint density at radius 1 is 0.690 bits per heavy atom. The number of Topliss-reactive ketones (excluding diaryl/α,β-unsaturated/α-hetero) is 2. The predicted molar refractivity (Wildman–Crippen MR) is 163 cm³/mol. The third-order valence-electron chi connectivity index (χ3n) is 7.70. The van der Waals surface area contributed by atoms with Gasteiger partial charge in [0.15, 0.2) is 5.78 Å². The number of benzene rings is 4. The highest BCUT2D eigenvalue weighted by Crippen LogP contribution is 2.40. The van der Waals surface area contributed by atoms with Crippen LogP contribution in [0.3, 0.4) is 0 Å². The first-order valence-corrected chi connectivity index (χ1v) is 14.2. The molecule has 1 N–H and O–H groups in total. The lowest BCUT2D eigenvalue weighted by atomic mass is 9.82. The molecule has 2 atom stereocenters. The van der Waals surface area contributed by atoms with Gasteiger partial charge in [-0.2, -0.15) is 0 Å². The molecule has 6 heteroatoms. The Bertz CT molecular complexity index is 1650. The third kappa shape index (κ3) is 5.40. The molecule has 1 amide bonds. The number of esters is 1. The topological polar surface area (TPSA) is 89.5 Å². The van der Waals surface area contributed by atoms with Crippen molar-refractivity contribution in [2.24, 2.45) is 5.92 Å². The molecule has 1 aliphatic rings. The average Bonchev–Trinajstić information content (AvgIpc) is 3.33. The van der Waals surface area contributed by atoms with E-state index in [-0.39, 0.29) is 23.0 Å². The lowest BCUT2D eigenvalue weighted by molar-refractivity contribution is -0.138. The average molecular weight is 560 g/mol. The van der Waals surface area contributed by atoms with Gasteiger partial charge in [0.1, 0.15) is 12.0 Å². The molecule has 212 valence electrons. The largest absolute Gasteiger partial charge is 0.453 e. The van der Waals surface area contributed by atoms with Crippen molar-refractivity contribution in [3.05, 3.63) is 125 Å². The van der Waals surface area contributed by atoms with Crippen molar-refractivity contribution in [1.82, 2.24) is 0 Å². The van der Waals surface area contributed by atoms with Crippen LogP contribution in [0.15, 0.2) is 97.1 Å². The summed E-state index contributed by atoms with van der Waals surface area (Å²) in [4.78, 5) is 55.1. The van der Waals surface area contributed by atoms with Gasteiger partial charge in [0.2, 0.25) is 5.78 Å². The molecule has 4 aromatic rings. The zero-order chi connectivity index (χ0) is 30.0. The van der Waals surface area contributed by atoms with Crippen LogP contribution < -0.4 is 5.32 Å². The van der Waals surface area contributed by atoms with Crippen molar-refractivity contribution < 1.29 is 23.9 Å². The maximum Gasteiger partial charge on any atom is 0.339 e. The fourth-order valence-corrected chi connectivity index (χ4v) is 5.56. The van der Waals surface area contributed by atoms with E-state index in [0.29, 0.717) is 16.8 Å². The number of hydrogen-bond acceptors (Lipinski definition) is 5. The van der Waals surface area contributed by atoms with Crippen molar-refractivity contribution >= 4 is 29.1 Å². The van der Waals surface area contributed by atoms with Crippen LogP contribution in [-0.4, -0.2) is 23.4 Å². The first-order chi connectivity index (χ1) is 20.2. The van der Waals surface area contributed by atoms with Crippen LogP contribution in [-0.2, 0) is 14.3 Å². The second-order valence-corrected chi connectivity index (χ2v) is 11.1. The highest BCUT2D eigenvalue weighted by Gasteiger charge is 2.46. The second kappa shape index (κ2) is 12.0. The Hall–Kier alpha value is -4.84. The minimum Gasteiger partial charge on any atom is -0.453 e. The molecule has 42 heavy (non-hydrogen) atoms. The summed E-state index contributed by atoms with van der Waals surface area (Å²) in [6.45, 7) is 8.05. The molecule has 5 rings (SSSR count). The van der Waals surface area contributed by atoms with E-state index in [1.807, 2.05) is 82.3 Å². The first kappa shape index (κ1) is 28.7. The lowest BCUT2D eigenvalue weighted by Crippen LogP contribution is -2.38. The highest BCUT2D eigenvalue weighted by molar-refractivity contribution is 6.45. The maximum atomic E-state index is 14.4. The van der Waals surface area contributed by atoms with Gasteiger partial charge in [0.25, 0.3) is 5.91 Å². The van der Waals surface area contributed by atoms with Crippen LogP contribution in [0.25, 0.3) is 11.1 Å². The molecule has 0 fully saturated rings. The molecule has 0 unspecified atom stereocenters. The number of rotatable bonds is 9. The fraction of sp³-hybridized carbons (Fsp3) is 0.222. The molecule has 0 saturated carbocycles. The number of nitrogens with one attached hydrogen (secondary N) is 1. The highest BCUT2D eigenvalue weighted by atomic mass is 16.5. The standard InChI is InChI=1S/C36H33NO5/c1-21(2)24-19-12-20-25(22(3)4)31(24)37-35(40)33(39)30(34-28-17-10-11-18-29(28)36(41)42-34)32(38)27-16-9-8-15-26(27)23-13-6-5-7-14-23/h5-22,30,34H,1-4H3,(H,37,40)/t30-,34-/m0/s1. The van der Waals surface area contributed by atoms with Gasteiger partial charge in [-0.1, -0.05) is 119 Å². The zero-order valence-electron chi connectivity index (χ0n) is 24.1. The van der Waals surface area contributed by atoms with E-state index in [1.165, 1.54) is 0 Å². The predicted octanol–water partition coefficient (Wildman–Crippen LogP) is 7.52. The molecule has 0 spiro atoms. The number of hydrogen-bond donors (Lipinski definition) is 1. The molecule has 0 saturated heterocycles. The quantitative estimate of drug-likeness (QED) is 0.0992. The van der Waals surface area contributed by atoms with Crippen LogP contribution in [0.1, 0.15) is 83.0 Å². The molecule has 0 aliphatic carbocycles. The molecule has 0 bridgehead atoms. The number of carbonyl (C=O) groups is 4. The van der Waals surface area contributed by atoms with Gasteiger partial charge in [0, 0.05) is 16.8 Å². The summed E-state index contributed by atoms with van der Waals surface area (Å²) in [5.41, 5.74) is 4.69. The third-order valence-corrected chi connectivity index (χ3v) is 7.70. The van der Waals surface area contributed by atoms with Gasteiger partial charge in [-0.3, -0.25) is 14.4 Å². The molecule has 1 aliphatic heterocycles. The normalized spacial score (nSPS) is 14.8. The Kier molecular flexibility index (Phi) is 8.16. The summed E-state index contributed by atoms with van der Waals surface area (Å²) in [7, 11) is 0. The number of ketones is 2. The number of carbonyl (C=O) groups excluding carboxylic acids is 4. The Morgan fingerprint density at radius 3 is 1.90 bits per heavy atom. The number of cyclic esters (lactones) is 1. The summed E-state index contributed by atoms with van der Waals surface area (Å²) in [5, 5.41) is 2.85. The number of para-hydroxylation sites is 1. The number of anilines is 1. The molecular formula is C36H33NO5. The molecule has 0 aromatic heterocycles. The van der Waals surface area contributed by atoms with Crippen LogP contribution in [0.4, 0.5) is 5.69 Å². The number of ether oxygens (including phenoxy) is 1. The van der Waals surface area contributed by atoms with Gasteiger partial charge >= 0.3 is 5.97 Å². The monoisotopic (exact) mass is 559 g/mol. The molecule has 6 nitrogen and oxygen atoms in total. The van der Waals surface area contributed by atoms with Crippen LogP contribution in [0.2, 0.25) is 0 Å². The number of amides is 1. The van der Waals surface area contributed by atoms with Crippen LogP contribution in [0, 0.1) is 5.92 Å². The van der Waals surface area contributed by atoms with E-state index in [0.717, 1.165) is 16.7 Å². The zero-order valence-corrected chi connectivity index (χ0v) is 24.1. The van der Waals surface area contributed by atoms with E-state index in [9.17, 15) is 19.2 Å². The smallest absolute Gasteiger partial charge is 0.339 e. The van der Waals surface area contributed by atoms with E-state index in [4.69, 9.17) is 4.74 Å². The summed E-state index contributed by atoms with van der Waals surface area (Å²) >= 11 is 0. The summed E-state index contributed by atoms with van der Waals surface area (Å²) in [6.07, 6.45) is -1.24. The maximum absolute atomic E-state index is 14.4. The molecule has 1 heterocycles. The number of fused-ring (bicyclic) bond motifs is 1. The van der Waals surface area contributed by atoms with E-state index in [2.05, 4.69) is 5.32 Å². The molecule has 4 aromatic carbocycles. The summed E-state index contributed by atoms with van der Waals surface area (Å²) < 4.78 is 5.67. The van der Waals surface area contributed by atoms with Crippen molar-refractivity contribution in [3.63, 3.8) is 0 Å². The molecule has 0 radical (unpaired) electrons. The first-order valence-electron chi connectivity index (χ1n) is 14.2. The summed E-state index contributed by atoms with van der Waals surface area (Å²) in [5.74, 6) is -4.56. The van der Waals surface area contributed by atoms with E-state index >= 15 is 0 Å². The summed E-state index contributed by atoms with van der Waals surface area (Å²) in [6, 6.07) is 28.7. The van der Waals surface area contributed by atoms with Crippen molar-refractivity contribution in [2.45, 2.75) is 45.6 Å². The minimum atomic E-state index is -1.59. The van der Waals surface area contributed by atoms with Crippen molar-refractivity contribution in [3.8, 4) is 11.1 Å². The van der Waals surface area contributed by atoms with Crippen molar-refractivity contribution in [1.29, 1.82) is 0 Å². The van der Waals surface area contributed by atoms with Crippen LogP contribution >= 0.6 is 0 Å². The van der Waals surface area contributed by atoms with Gasteiger partial charge < -0.3 is 10.1 Å². The van der Waals surface area contributed by atoms with E-state index in [1.54, 1.807) is 42.5 Å². The van der Waals surface area contributed by atoms with Crippen molar-refractivity contribution in [2.75, 3.05) is 5.32 Å². The second-order valence-electron chi connectivity index (χ2n) is 11.1. The van der Waals surface area contributed by atoms with Gasteiger partial charge in [-0.25, -0.2) is 4.79 Å². The fourth-order valence-electron chi connectivity index (χ4n) is 5.56. The minimum absolute atomic E-state index is 0.0759. The SMILES string of the molecule is CC(C)c1cccc(C(C)C)c1NC(=O)C(=O)[C@H](C(=O)c1ccccc1-c1ccccc1)[C@H]1OC(=O)c2ccccc21. The lowest BCUT2D eigenvalue weighted by Gasteiger charge is -2.24. The molecular weight excluding hydrogens is 526 g/mol. The van der Waals surface area contributed by atoms with Gasteiger partial charge in [-0.15, -0.1) is 0 Å². The van der Waals surface area contributed by atoms with Crippen LogP contribution in [0.5, 0.6) is 0 Å². The van der Waals surface area contributed by atoms with E-state index < -0.39 is 35.5 Å². The van der Waals surface area contributed by atoms with Gasteiger partial charge in [0.05, 0.1) is 5.56 Å². The Labute approximate surface area is 245 Å². The Morgan fingerprint density at radius 2 is 1.26 bits per heavy atom. The Balaban J connectivity index is 1.60.